The Kier molecular flexibility index (Phi) is 1.94. The van der Waals surface area contributed by atoms with E-state index in [9.17, 15) is 0 Å². The lowest BCUT2D eigenvalue weighted by Gasteiger charge is -2.00. The summed E-state index contributed by atoms with van der Waals surface area (Å²) in [7, 11) is 0. The molecule has 4 nitrogen and oxygen atoms in total. The van der Waals surface area contributed by atoms with Crippen LogP contribution in [0.5, 0.6) is 0 Å². The summed E-state index contributed by atoms with van der Waals surface area (Å²) in [6.45, 7) is 1.92. The van der Waals surface area contributed by atoms with E-state index in [2.05, 4.69) is 15.3 Å². The third-order valence-corrected chi connectivity index (χ3v) is 3.37. The Bertz CT molecular complexity index is 639. The van der Waals surface area contributed by atoms with Crippen LogP contribution in [0.2, 0.25) is 0 Å². The van der Waals surface area contributed by atoms with Crippen LogP contribution in [0.15, 0.2) is 29.9 Å². The average molecular weight is 230 g/mol. The molecule has 3 rings (SSSR count). The van der Waals surface area contributed by atoms with Crippen molar-refractivity contribution < 1.29 is 0 Å². The number of hydrogen-bond donors (Lipinski definition) is 1. The van der Waals surface area contributed by atoms with Gasteiger partial charge in [0.25, 0.3) is 0 Å². The first kappa shape index (κ1) is 9.35. The Balaban J connectivity index is 2.32. The minimum absolute atomic E-state index is 0.704. The summed E-state index contributed by atoms with van der Waals surface area (Å²) in [4.78, 5) is 9.43. The minimum atomic E-state index is 0.704. The molecule has 0 saturated carbocycles. The molecule has 0 unspecified atom stereocenters. The Hall–Kier alpha value is -1.88. The smallest absolute Gasteiger partial charge is 0.196 e. The van der Waals surface area contributed by atoms with Crippen LogP contribution >= 0.6 is 11.3 Å². The largest absolute Gasteiger partial charge is 0.383 e. The molecule has 0 fully saturated rings. The zero-order valence-electron chi connectivity index (χ0n) is 8.71. The molecule has 0 atom stereocenters. The molecule has 16 heavy (non-hydrogen) atoms. The number of fused-ring (bicyclic) bond motifs is 1. The highest BCUT2D eigenvalue weighted by Gasteiger charge is 2.12. The minimum Gasteiger partial charge on any atom is -0.383 e. The van der Waals surface area contributed by atoms with Gasteiger partial charge in [0.1, 0.15) is 5.82 Å². The maximum atomic E-state index is 6.01. The molecule has 0 amide bonds. The fourth-order valence-electron chi connectivity index (χ4n) is 1.70. The van der Waals surface area contributed by atoms with E-state index >= 15 is 0 Å². The van der Waals surface area contributed by atoms with E-state index in [1.165, 1.54) is 0 Å². The maximum Gasteiger partial charge on any atom is 0.196 e. The van der Waals surface area contributed by atoms with E-state index in [0.717, 1.165) is 21.9 Å². The summed E-state index contributed by atoms with van der Waals surface area (Å²) in [6, 6.07) is 3.93. The zero-order valence-corrected chi connectivity index (χ0v) is 9.53. The van der Waals surface area contributed by atoms with Crippen LogP contribution in [-0.4, -0.2) is 14.4 Å². The first-order chi connectivity index (χ1) is 7.77. The van der Waals surface area contributed by atoms with Gasteiger partial charge in [-0.25, -0.2) is 4.98 Å². The first-order valence-electron chi connectivity index (χ1n) is 4.90. The van der Waals surface area contributed by atoms with Crippen molar-refractivity contribution in [3.05, 3.63) is 35.6 Å². The Labute approximate surface area is 96.4 Å². The number of nitrogens with zero attached hydrogens (tertiary/aromatic N) is 3. The van der Waals surface area contributed by atoms with Crippen LogP contribution in [0.25, 0.3) is 16.2 Å². The number of aromatic nitrogens is 3. The van der Waals surface area contributed by atoms with E-state index in [1.807, 2.05) is 29.7 Å². The monoisotopic (exact) mass is 230 g/mol. The van der Waals surface area contributed by atoms with Crippen LogP contribution in [-0.2, 0) is 0 Å². The van der Waals surface area contributed by atoms with Crippen molar-refractivity contribution in [1.29, 1.82) is 0 Å². The molecule has 0 bridgehead atoms. The SMILES string of the molecule is Cc1nc2scc(-c3cccnc3)n2c1N. The highest BCUT2D eigenvalue weighted by molar-refractivity contribution is 7.15. The van der Waals surface area contributed by atoms with Gasteiger partial charge < -0.3 is 5.73 Å². The molecule has 0 saturated heterocycles. The standard InChI is InChI=1S/C11H10N4S/c1-7-10(12)15-9(6-16-11(15)14-7)8-3-2-4-13-5-8/h2-6H,12H2,1H3. The summed E-state index contributed by atoms with van der Waals surface area (Å²) >= 11 is 1.59. The van der Waals surface area contributed by atoms with Gasteiger partial charge in [0, 0.05) is 23.3 Å². The fraction of sp³-hybridized carbons (Fsp3) is 0.0909. The molecule has 0 spiro atoms. The number of nitrogen functional groups attached to an aromatic ring is 1. The van der Waals surface area contributed by atoms with E-state index < -0.39 is 0 Å². The van der Waals surface area contributed by atoms with Crippen molar-refractivity contribution in [1.82, 2.24) is 14.4 Å². The van der Waals surface area contributed by atoms with Gasteiger partial charge in [-0.05, 0) is 19.1 Å². The lowest BCUT2D eigenvalue weighted by atomic mass is 10.2. The number of hydrogen-bond acceptors (Lipinski definition) is 4. The van der Waals surface area contributed by atoms with Crippen molar-refractivity contribution >= 4 is 22.1 Å². The third kappa shape index (κ3) is 1.22. The van der Waals surface area contributed by atoms with Gasteiger partial charge in [-0.3, -0.25) is 9.38 Å². The molecule has 5 heteroatoms. The molecular formula is C11H10N4S. The van der Waals surface area contributed by atoms with Crippen LogP contribution in [0.3, 0.4) is 0 Å². The highest BCUT2D eigenvalue weighted by Crippen LogP contribution is 2.29. The third-order valence-electron chi connectivity index (χ3n) is 2.54. The van der Waals surface area contributed by atoms with E-state index in [4.69, 9.17) is 5.73 Å². The van der Waals surface area contributed by atoms with Gasteiger partial charge in [-0.15, -0.1) is 11.3 Å². The molecule has 3 heterocycles. The number of aryl methyl sites for hydroxylation is 1. The number of thiazole rings is 1. The maximum absolute atomic E-state index is 6.01. The lowest BCUT2D eigenvalue weighted by molar-refractivity contribution is 1.22. The molecule has 0 aromatic carbocycles. The molecule has 80 valence electrons. The van der Waals surface area contributed by atoms with Crippen molar-refractivity contribution in [2.24, 2.45) is 0 Å². The zero-order chi connectivity index (χ0) is 11.1. The van der Waals surface area contributed by atoms with Gasteiger partial charge in [0.05, 0.1) is 11.4 Å². The second kappa shape index (κ2) is 3.31. The predicted molar refractivity (Wildman–Crippen MR) is 65.4 cm³/mol. The summed E-state index contributed by atoms with van der Waals surface area (Å²) in [5, 5.41) is 2.05. The molecule has 2 N–H and O–H groups in total. The number of anilines is 1. The quantitative estimate of drug-likeness (QED) is 0.698. The van der Waals surface area contributed by atoms with E-state index in [0.29, 0.717) is 5.82 Å². The highest BCUT2D eigenvalue weighted by atomic mass is 32.1. The number of nitrogens with two attached hydrogens (primary N) is 1. The van der Waals surface area contributed by atoms with E-state index in [-0.39, 0.29) is 0 Å². The predicted octanol–water partition coefficient (Wildman–Crippen LogP) is 2.35. The first-order valence-corrected chi connectivity index (χ1v) is 5.78. The van der Waals surface area contributed by atoms with E-state index in [1.54, 1.807) is 17.5 Å². The molecule has 3 aromatic rings. The Morgan fingerprint density at radius 2 is 2.31 bits per heavy atom. The van der Waals surface area contributed by atoms with Gasteiger partial charge in [0.15, 0.2) is 4.96 Å². The van der Waals surface area contributed by atoms with Gasteiger partial charge >= 0.3 is 0 Å². The summed E-state index contributed by atoms with van der Waals surface area (Å²) in [6.07, 6.45) is 3.59. The van der Waals surface area contributed by atoms with Crippen LogP contribution in [0, 0.1) is 6.92 Å². The Morgan fingerprint density at radius 1 is 1.44 bits per heavy atom. The molecule has 0 aliphatic carbocycles. The van der Waals surface area contributed by atoms with Gasteiger partial charge in [-0.1, -0.05) is 0 Å². The van der Waals surface area contributed by atoms with Crippen LogP contribution in [0.4, 0.5) is 5.82 Å². The second-order valence-electron chi connectivity index (χ2n) is 3.56. The van der Waals surface area contributed by atoms with Crippen LogP contribution < -0.4 is 5.73 Å². The number of pyridine rings is 1. The molecule has 0 aliphatic heterocycles. The number of imidazole rings is 1. The lowest BCUT2D eigenvalue weighted by Crippen LogP contribution is -1.94. The average Bonchev–Trinajstić information content (AvgIpc) is 2.83. The molecule has 0 radical (unpaired) electrons. The topological polar surface area (TPSA) is 56.2 Å². The van der Waals surface area contributed by atoms with Gasteiger partial charge in [0.2, 0.25) is 0 Å². The molecule has 0 aliphatic rings. The molecule has 3 aromatic heterocycles. The van der Waals surface area contributed by atoms with Crippen molar-refractivity contribution in [2.45, 2.75) is 6.92 Å². The second-order valence-corrected chi connectivity index (χ2v) is 4.40. The summed E-state index contributed by atoms with van der Waals surface area (Å²) < 4.78 is 1.97. The van der Waals surface area contributed by atoms with Crippen LogP contribution in [0.1, 0.15) is 5.69 Å². The van der Waals surface area contributed by atoms with Crippen molar-refractivity contribution in [3.63, 3.8) is 0 Å². The van der Waals surface area contributed by atoms with Crippen molar-refractivity contribution in [2.75, 3.05) is 5.73 Å². The normalized spacial score (nSPS) is 11.1. The van der Waals surface area contributed by atoms with Gasteiger partial charge in [-0.2, -0.15) is 0 Å². The Morgan fingerprint density at radius 3 is 3.06 bits per heavy atom. The van der Waals surface area contributed by atoms with Crippen molar-refractivity contribution in [3.8, 4) is 11.3 Å². The number of rotatable bonds is 1. The molecular weight excluding hydrogens is 220 g/mol. The summed E-state index contributed by atoms with van der Waals surface area (Å²) in [5.74, 6) is 0.704. The fourth-order valence-corrected chi connectivity index (χ4v) is 2.65. The summed E-state index contributed by atoms with van der Waals surface area (Å²) in [5.41, 5.74) is 8.98.